The molecule has 6 nitrogen and oxygen atoms in total. The predicted octanol–water partition coefficient (Wildman–Crippen LogP) is 1.41. The Balaban J connectivity index is 2.47. The average molecular weight is 328 g/mol. The van der Waals surface area contributed by atoms with Crippen molar-refractivity contribution in [1.82, 2.24) is 10.2 Å². The molecule has 1 aliphatic heterocycles. The molecule has 1 rings (SSSR count). The molecule has 0 aromatic heterocycles. The normalized spacial score (nSPS) is 16.5. The van der Waals surface area contributed by atoms with Crippen LogP contribution < -0.4 is 5.32 Å². The van der Waals surface area contributed by atoms with Crippen LogP contribution in [-0.2, 0) is 9.53 Å². The van der Waals surface area contributed by atoms with E-state index in [1.807, 2.05) is 0 Å². The van der Waals surface area contributed by atoms with Gasteiger partial charge in [0.25, 0.3) is 0 Å². The minimum Gasteiger partial charge on any atom is -0.481 e. The van der Waals surface area contributed by atoms with Gasteiger partial charge in [-0.1, -0.05) is 5.92 Å². The summed E-state index contributed by atoms with van der Waals surface area (Å²) in [6.45, 7) is 6.74. The van der Waals surface area contributed by atoms with Crippen molar-refractivity contribution < 1.29 is 19.4 Å². The molecule has 0 unspecified atom stereocenters. The number of nitrogens with zero attached hydrogens (tertiary/aromatic N) is 1. The molecular weight excluding hydrogens is 304 g/mol. The molecule has 22 heavy (non-hydrogen) atoms. The molecule has 0 spiro atoms. The Morgan fingerprint density at radius 3 is 2.59 bits per heavy atom. The van der Waals surface area contributed by atoms with E-state index in [1.54, 1.807) is 32.5 Å². The first-order valence-electron chi connectivity index (χ1n) is 7.13. The number of aliphatic carboxylic acids is 1. The summed E-state index contributed by atoms with van der Waals surface area (Å²) in [6.07, 6.45) is 4.75. The third kappa shape index (κ3) is 6.16. The van der Waals surface area contributed by atoms with Crippen molar-refractivity contribution in [2.75, 3.05) is 31.1 Å². The highest BCUT2D eigenvalue weighted by Crippen LogP contribution is 2.26. The van der Waals surface area contributed by atoms with E-state index in [0.29, 0.717) is 25.4 Å². The van der Waals surface area contributed by atoms with E-state index >= 15 is 0 Å². The Morgan fingerprint density at radius 1 is 1.45 bits per heavy atom. The number of nitrogens with one attached hydrogen (secondary N) is 1. The van der Waals surface area contributed by atoms with Crippen LogP contribution >= 0.6 is 11.8 Å². The Bertz CT molecular complexity index is 447. The summed E-state index contributed by atoms with van der Waals surface area (Å²) in [6, 6.07) is 0. The van der Waals surface area contributed by atoms with E-state index in [-0.39, 0.29) is 6.42 Å². The zero-order valence-corrected chi connectivity index (χ0v) is 14.2. The van der Waals surface area contributed by atoms with Crippen LogP contribution in [0.4, 0.5) is 4.79 Å². The van der Waals surface area contributed by atoms with Crippen LogP contribution in [0.5, 0.6) is 0 Å². The first kappa shape index (κ1) is 18.7. The van der Waals surface area contributed by atoms with E-state index in [2.05, 4.69) is 11.2 Å². The second-order valence-electron chi connectivity index (χ2n) is 6.37. The van der Waals surface area contributed by atoms with Gasteiger partial charge >= 0.3 is 12.1 Å². The molecule has 0 aromatic carbocycles. The third-order valence-corrected chi connectivity index (χ3v) is 3.92. The summed E-state index contributed by atoms with van der Waals surface area (Å²) in [5.74, 6) is 3.10. The number of thioether (sulfide) groups is 1. The maximum absolute atomic E-state index is 11.9. The number of likely N-dealkylation sites (tertiary alicyclic amines) is 1. The molecular formula is C15H24N2O4S. The fraction of sp³-hybridized carbons (Fsp3) is 0.733. The highest BCUT2D eigenvalue weighted by atomic mass is 32.2. The monoisotopic (exact) mass is 328 g/mol. The molecule has 0 radical (unpaired) electrons. The number of ether oxygens (including phenoxy) is 1. The summed E-state index contributed by atoms with van der Waals surface area (Å²) in [7, 11) is 0. The van der Waals surface area contributed by atoms with Crippen molar-refractivity contribution in [3.05, 3.63) is 0 Å². The molecule has 2 N–H and O–H groups in total. The second-order valence-corrected chi connectivity index (χ2v) is 7.48. The minimum atomic E-state index is -0.882. The Kier molecular flexibility index (Phi) is 6.57. The number of carbonyl (C=O) groups excluding carboxylic acids is 1. The van der Waals surface area contributed by atoms with Gasteiger partial charge in [0.05, 0.1) is 17.7 Å². The molecule has 124 valence electrons. The van der Waals surface area contributed by atoms with E-state index in [0.717, 1.165) is 5.75 Å². The molecule has 0 aromatic rings. The van der Waals surface area contributed by atoms with Crippen molar-refractivity contribution in [1.29, 1.82) is 0 Å². The molecule has 1 heterocycles. The number of carboxylic acid groups (broad SMARTS) is 1. The Morgan fingerprint density at radius 2 is 2.09 bits per heavy atom. The van der Waals surface area contributed by atoms with Crippen LogP contribution in [0.15, 0.2) is 0 Å². The molecule has 7 heteroatoms. The quantitative estimate of drug-likeness (QED) is 0.543. The standard InChI is InChI=1S/C15H24N2O4S/c1-5-7-22-8-6-16-15(9-12(18)19)10-17(11-15)13(20)21-14(2,3)4/h1,16H,6-11H2,2-4H3,(H,18,19). The lowest BCUT2D eigenvalue weighted by Gasteiger charge is -2.49. The van der Waals surface area contributed by atoms with Crippen molar-refractivity contribution in [3.63, 3.8) is 0 Å². The van der Waals surface area contributed by atoms with Gasteiger partial charge in [-0.3, -0.25) is 4.79 Å². The largest absolute Gasteiger partial charge is 0.481 e. The maximum Gasteiger partial charge on any atom is 0.410 e. The van der Waals surface area contributed by atoms with Crippen LogP contribution in [-0.4, -0.2) is 64.3 Å². The first-order chi connectivity index (χ1) is 10.2. The van der Waals surface area contributed by atoms with Gasteiger partial charge in [-0.15, -0.1) is 18.2 Å². The van der Waals surface area contributed by atoms with Gasteiger partial charge < -0.3 is 20.1 Å². The van der Waals surface area contributed by atoms with Crippen LogP contribution in [0.25, 0.3) is 0 Å². The van der Waals surface area contributed by atoms with Gasteiger partial charge in [0.2, 0.25) is 0 Å². The van der Waals surface area contributed by atoms with Crippen LogP contribution in [0.1, 0.15) is 27.2 Å². The molecule has 0 aliphatic carbocycles. The number of amides is 1. The van der Waals surface area contributed by atoms with Gasteiger partial charge in [-0.25, -0.2) is 4.79 Å². The Hall–Kier alpha value is -1.39. The molecule has 0 atom stereocenters. The number of carboxylic acids is 1. The summed E-state index contributed by atoms with van der Waals surface area (Å²) in [4.78, 5) is 24.5. The summed E-state index contributed by atoms with van der Waals surface area (Å²) < 4.78 is 5.28. The van der Waals surface area contributed by atoms with Gasteiger partial charge in [-0.2, -0.15) is 0 Å². The van der Waals surface area contributed by atoms with Gasteiger partial charge in [0.1, 0.15) is 5.60 Å². The van der Waals surface area contributed by atoms with E-state index in [9.17, 15) is 9.59 Å². The summed E-state index contributed by atoms with van der Waals surface area (Å²) in [5.41, 5.74) is -1.12. The third-order valence-electron chi connectivity index (χ3n) is 3.06. The second kappa shape index (κ2) is 7.75. The zero-order valence-electron chi connectivity index (χ0n) is 13.3. The van der Waals surface area contributed by atoms with Crippen LogP contribution in [0, 0.1) is 12.3 Å². The van der Waals surface area contributed by atoms with E-state index < -0.39 is 23.2 Å². The van der Waals surface area contributed by atoms with Crippen molar-refractivity contribution in [2.24, 2.45) is 0 Å². The number of rotatable bonds is 7. The summed E-state index contributed by atoms with van der Waals surface area (Å²) >= 11 is 1.61. The average Bonchev–Trinajstić information content (AvgIpc) is 2.31. The molecule has 1 aliphatic rings. The fourth-order valence-electron chi connectivity index (χ4n) is 2.24. The van der Waals surface area contributed by atoms with Crippen LogP contribution in [0.3, 0.4) is 0 Å². The topological polar surface area (TPSA) is 78.9 Å². The van der Waals surface area contributed by atoms with Gasteiger partial charge in [0.15, 0.2) is 0 Å². The molecule has 1 fully saturated rings. The fourth-order valence-corrected chi connectivity index (χ4v) is 2.74. The smallest absolute Gasteiger partial charge is 0.410 e. The van der Waals surface area contributed by atoms with Crippen molar-refractivity contribution in [2.45, 2.75) is 38.3 Å². The molecule has 1 amide bonds. The van der Waals surface area contributed by atoms with Crippen LogP contribution in [0.2, 0.25) is 0 Å². The van der Waals surface area contributed by atoms with Gasteiger partial charge in [-0.05, 0) is 20.8 Å². The number of carbonyl (C=O) groups is 2. The SMILES string of the molecule is C#CCSCCNC1(CC(=O)O)CN(C(=O)OC(C)(C)C)C1. The minimum absolute atomic E-state index is 0.0217. The molecule has 1 saturated heterocycles. The lowest BCUT2D eigenvalue weighted by atomic mass is 9.86. The van der Waals surface area contributed by atoms with Crippen molar-refractivity contribution in [3.8, 4) is 12.3 Å². The number of hydrogen-bond donors (Lipinski definition) is 2. The van der Waals surface area contributed by atoms with E-state index in [1.165, 1.54) is 4.90 Å². The lowest BCUT2D eigenvalue weighted by Crippen LogP contribution is -2.71. The zero-order chi connectivity index (χ0) is 16.8. The first-order valence-corrected chi connectivity index (χ1v) is 8.29. The predicted molar refractivity (Wildman–Crippen MR) is 87.0 cm³/mol. The highest BCUT2D eigenvalue weighted by molar-refractivity contribution is 7.99. The highest BCUT2D eigenvalue weighted by Gasteiger charge is 2.47. The van der Waals surface area contributed by atoms with E-state index in [4.69, 9.17) is 16.3 Å². The van der Waals surface area contributed by atoms with Crippen molar-refractivity contribution >= 4 is 23.8 Å². The van der Waals surface area contributed by atoms with Gasteiger partial charge in [0, 0.05) is 25.4 Å². The summed E-state index contributed by atoms with van der Waals surface area (Å²) in [5, 5.41) is 12.3. The number of terminal acetylenes is 1. The molecule has 0 saturated carbocycles. The lowest BCUT2D eigenvalue weighted by molar-refractivity contribution is -0.141. The Labute approximate surface area is 136 Å². The molecule has 0 bridgehead atoms. The number of hydrogen-bond acceptors (Lipinski definition) is 5. The maximum atomic E-state index is 11.9.